The maximum atomic E-state index is 12.7. The van der Waals surface area contributed by atoms with E-state index in [9.17, 15) is 4.79 Å². The highest BCUT2D eigenvalue weighted by Crippen LogP contribution is 2.44. The van der Waals surface area contributed by atoms with Gasteiger partial charge in [0.15, 0.2) is 0 Å². The summed E-state index contributed by atoms with van der Waals surface area (Å²) >= 11 is 0. The minimum absolute atomic E-state index is 0.0695. The predicted molar refractivity (Wildman–Crippen MR) is 78.9 cm³/mol. The summed E-state index contributed by atoms with van der Waals surface area (Å²) in [5, 5.41) is 8.77. The van der Waals surface area contributed by atoms with E-state index in [2.05, 4.69) is 13.8 Å². The van der Waals surface area contributed by atoms with E-state index >= 15 is 0 Å². The molecule has 0 saturated heterocycles. The first kappa shape index (κ1) is 16.5. The number of hydrogen-bond donors (Lipinski definition) is 1. The fourth-order valence-electron chi connectivity index (χ4n) is 3.48. The summed E-state index contributed by atoms with van der Waals surface area (Å²) in [6.45, 7) is 5.52. The topological polar surface area (TPSA) is 40.5 Å². The van der Waals surface area contributed by atoms with Gasteiger partial charge in [-0.1, -0.05) is 26.7 Å². The van der Waals surface area contributed by atoms with Crippen molar-refractivity contribution in [2.45, 2.75) is 65.2 Å². The van der Waals surface area contributed by atoms with Crippen LogP contribution in [0.2, 0.25) is 0 Å². The van der Waals surface area contributed by atoms with Gasteiger partial charge in [0.1, 0.15) is 0 Å². The van der Waals surface area contributed by atoms with Gasteiger partial charge in [-0.2, -0.15) is 0 Å². The normalized spacial score (nSPS) is 17.9. The molecule has 0 atom stereocenters. The number of nitrogens with zero attached hydrogens (tertiary/aromatic N) is 1. The van der Waals surface area contributed by atoms with Crippen molar-refractivity contribution in [3.63, 3.8) is 0 Å². The molecule has 1 fully saturated rings. The maximum absolute atomic E-state index is 12.7. The molecule has 1 N–H and O–H groups in total. The zero-order valence-corrected chi connectivity index (χ0v) is 13.0. The lowest BCUT2D eigenvalue weighted by atomic mass is 9.77. The summed E-state index contributed by atoms with van der Waals surface area (Å²) in [5.74, 6) is 0.951. The van der Waals surface area contributed by atoms with Gasteiger partial charge in [-0.25, -0.2) is 0 Å². The van der Waals surface area contributed by atoms with E-state index in [1.54, 1.807) is 0 Å². The van der Waals surface area contributed by atoms with Gasteiger partial charge in [-0.15, -0.1) is 0 Å². The molecule has 0 unspecified atom stereocenters. The standard InChI is InChI=1S/C16H31NO2/c1-14(2)13-16(9-5-6-10-16)15(19)17(3)11-7-4-8-12-18/h14,18H,4-13H2,1-3H3. The van der Waals surface area contributed by atoms with Gasteiger partial charge >= 0.3 is 0 Å². The summed E-state index contributed by atoms with van der Waals surface area (Å²) < 4.78 is 0. The molecule has 19 heavy (non-hydrogen) atoms. The molecule has 1 rings (SSSR count). The van der Waals surface area contributed by atoms with Gasteiger partial charge in [0.25, 0.3) is 0 Å². The average molecular weight is 269 g/mol. The molecule has 0 aromatic rings. The van der Waals surface area contributed by atoms with Crippen LogP contribution in [0, 0.1) is 11.3 Å². The van der Waals surface area contributed by atoms with Gasteiger partial charge in [0.05, 0.1) is 0 Å². The van der Waals surface area contributed by atoms with Crippen molar-refractivity contribution in [3.05, 3.63) is 0 Å². The molecule has 0 aromatic heterocycles. The third kappa shape index (κ3) is 4.79. The molecule has 0 radical (unpaired) electrons. The molecular weight excluding hydrogens is 238 g/mol. The lowest BCUT2D eigenvalue weighted by Gasteiger charge is -2.34. The molecule has 0 aromatic carbocycles. The van der Waals surface area contributed by atoms with Crippen molar-refractivity contribution in [2.75, 3.05) is 20.2 Å². The number of carbonyl (C=O) groups is 1. The Labute approximate surface area is 118 Å². The van der Waals surface area contributed by atoms with Gasteiger partial charge in [0, 0.05) is 25.6 Å². The van der Waals surface area contributed by atoms with Crippen LogP contribution < -0.4 is 0 Å². The highest BCUT2D eigenvalue weighted by molar-refractivity contribution is 5.82. The van der Waals surface area contributed by atoms with E-state index in [-0.39, 0.29) is 12.0 Å². The van der Waals surface area contributed by atoms with Gasteiger partial charge in [-0.3, -0.25) is 4.79 Å². The molecule has 1 saturated carbocycles. The van der Waals surface area contributed by atoms with Crippen LogP contribution in [0.3, 0.4) is 0 Å². The van der Waals surface area contributed by atoms with Crippen LogP contribution in [0.15, 0.2) is 0 Å². The van der Waals surface area contributed by atoms with Crippen LogP contribution in [0.25, 0.3) is 0 Å². The van der Waals surface area contributed by atoms with Crippen LogP contribution in [0.5, 0.6) is 0 Å². The Kier molecular flexibility index (Phi) is 6.84. The lowest BCUT2D eigenvalue weighted by Crippen LogP contribution is -2.41. The molecule has 0 heterocycles. The summed E-state index contributed by atoms with van der Waals surface area (Å²) in [6.07, 6.45) is 8.45. The highest BCUT2D eigenvalue weighted by Gasteiger charge is 2.42. The monoisotopic (exact) mass is 269 g/mol. The third-order valence-corrected chi connectivity index (χ3v) is 4.31. The van der Waals surface area contributed by atoms with Crippen LogP contribution in [0.4, 0.5) is 0 Å². The van der Waals surface area contributed by atoms with Crippen molar-refractivity contribution >= 4 is 5.91 Å². The van der Waals surface area contributed by atoms with Gasteiger partial charge in [0.2, 0.25) is 5.91 Å². The number of aliphatic hydroxyl groups excluding tert-OH is 1. The van der Waals surface area contributed by atoms with Crippen LogP contribution >= 0.6 is 0 Å². The molecule has 112 valence electrons. The molecule has 1 amide bonds. The number of aliphatic hydroxyl groups is 1. The fraction of sp³-hybridized carbons (Fsp3) is 0.938. The van der Waals surface area contributed by atoms with Crippen LogP contribution in [-0.2, 0) is 4.79 Å². The Morgan fingerprint density at radius 1 is 1.21 bits per heavy atom. The average Bonchev–Trinajstić information content (AvgIpc) is 2.82. The number of hydrogen-bond acceptors (Lipinski definition) is 2. The first-order valence-corrected chi connectivity index (χ1v) is 7.88. The Morgan fingerprint density at radius 3 is 2.37 bits per heavy atom. The zero-order chi connectivity index (χ0) is 14.3. The Hall–Kier alpha value is -0.570. The van der Waals surface area contributed by atoms with Crippen molar-refractivity contribution < 1.29 is 9.90 Å². The van der Waals surface area contributed by atoms with E-state index in [0.29, 0.717) is 11.8 Å². The van der Waals surface area contributed by atoms with Gasteiger partial charge in [-0.05, 0) is 44.4 Å². The van der Waals surface area contributed by atoms with Gasteiger partial charge < -0.3 is 10.0 Å². The molecule has 0 bridgehead atoms. The Morgan fingerprint density at radius 2 is 1.84 bits per heavy atom. The summed E-state index contributed by atoms with van der Waals surface area (Å²) in [5.41, 5.74) is -0.0695. The number of amides is 1. The van der Waals surface area contributed by atoms with Crippen molar-refractivity contribution in [1.29, 1.82) is 0 Å². The lowest BCUT2D eigenvalue weighted by molar-refractivity contribution is -0.141. The smallest absolute Gasteiger partial charge is 0.228 e. The minimum Gasteiger partial charge on any atom is -0.396 e. The summed E-state index contributed by atoms with van der Waals surface area (Å²) in [4.78, 5) is 14.7. The molecule has 0 spiro atoms. The number of carbonyl (C=O) groups excluding carboxylic acids is 1. The fourth-order valence-corrected chi connectivity index (χ4v) is 3.48. The van der Waals surface area contributed by atoms with Crippen molar-refractivity contribution in [3.8, 4) is 0 Å². The number of unbranched alkanes of at least 4 members (excludes halogenated alkanes) is 2. The molecule has 1 aliphatic rings. The summed E-state index contributed by atoms with van der Waals surface area (Å²) in [6, 6.07) is 0. The molecule has 0 aliphatic heterocycles. The maximum Gasteiger partial charge on any atom is 0.228 e. The second-order valence-electron chi connectivity index (χ2n) is 6.60. The quantitative estimate of drug-likeness (QED) is 0.687. The third-order valence-electron chi connectivity index (χ3n) is 4.31. The first-order valence-electron chi connectivity index (χ1n) is 7.88. The second-order valence-corrected chi connectivity index (χ2v) is 6.60. The SMILES string of the molecule is CC(C)CC1(C(=O)N(C)CCCCCO)CCCC1. The molecule has 3 nitrogen and oxygen atoms in total. The molecule has 3 heteroatoms. The van der Waals surface area contributed by atoms with E-state index in [4.69, 9.17) is 5.11 Å². The Bertz CT molecular complexity index is 270. The zero-order valence-electron chi connectivity index (χ0n) is 13.0. The summed E-state index contributed by atoms with van der Waals surface area (Å²) in [7, 11) is 1.95. The number of rotatable bonds is 8. The van der Waals surface area contributed by atoms with Crippen molar-refractivity contribution in [2.24, 2.45) is 11.3 Å². The highest BCUT2D eigenvalue weighted by atomic mass is 16.2. The van der Waals surface area contributed by atoms with E-state index in [1.165, 1.54) is 12.8 Å². The van der Waals surface area contributed by atoms with E-state index < -0.39 is 0 Å². The first-order chi connectivity index (χ1) is 9.02. The Balaban J connectivity index is 2.51. The van der Waals surface area contributed by atoms with Crippen molar-refractivity contribution in [1.82, 2.24) is 4.90 Å². The molecular formula is C16H31NO2. The second kappa shape index (κ2) is 7.88. The van der Waals surface area contributed by atoms with E-state index in [1.807, 2.05) is 11.9 Å². The van der Waals surface area contributed by atoms with E-state index in [0.717, 1.165) is 45.1 Å². The van der Waals surface area contributed by atoms with Crippen LogP contribution in [0.1, 0.15) is 65.2 Å². The minimum atomic E-state index is -0.0695. The predicted octanol–water partition coefficient (Wildman–Crippen LogP) is 3.21. The van der Waals surface area contributed by atoms with Crippen LogP contribution in [-0.4, -0.2) is 36.1 Å². The molecule has 1 aliphatic carbocycles. The largest absolute Gasteiger partial charge is 0.396 e.